The second-order valence-electron chi connectivity index (χ2n) is 3.41. The summed E-state index contributed by atoms with van der Waals surface area (Å²) in [7, 11) is 0.466. The molecule has 0 spiro atoms. The van der Waals surface area contributed by atoms with Gasteiger partial charge in [0.2, 0.25) is 0 Å². The number of hydrogen-bond acceptors (Lipinski definition) is 4. The van der Waals surface area contributed by atoms with Crippen LogP contribution in [0.1, 0.15) is 6.92 Å². The van der Waals surface area contributed by atoms with Crippen LogP contribution in [0.3, 0.4) is 0 Å². The summed E-state index contributed by atoms with van der Waals surface area (Å²) in [6.07, 6.45) is 0. The van der Waals surface area contributed by atoms with E-state index in [9.17, 15) is 8.42 Å². The van der Waals surface area contributed by atoms with Gasteiger partial charge in [-0.3, -0.25) is 0 Å². The Balaban J connectivity index is 3.18. The van der Waals surface area contributed by atoms with E-state index in [1.165, 1.54) is 0 Å². The molecule has 1 aromatic rings. The van der Waals surface area contributed by atoms with Crippen LogP contribution in [0.5, 0.6) is 0 Å². The fourth-order valence-electron chi connectivity index (χ4n) is 1.23. The molecule has 0 saturated carbocycles. The van der Waals surface area contributed by atoms with E-state index in [1.807, 2.05) is 14.1 Å². The molecule has 0 aliphatic heterocycles. The highest BCUT2D eigenvalue weighted by molar-refractivity contribution is 7.91. The number of benzene rings is 1. The maximum atomic E-state index is 11.7. The Kier molecular flexibility index (Phi) is 3.71. The quantitative estimate of drug-likeness (QED) is 0.791. The van der Waals surface area contributed by atoms with E-state index in [1.54, 1.807) is 36.2 Å². The van der Waals surface area contributed by atoms with E-state index in [2.05, 4.69) is 5.43 Å². The van der Waals surface area contributed by atoms with Gasteiger partial charge in [-0.2, -0.15) is 0 Å². The van der Waals surface area contributed by atoms with Gasteiger partial charge in [0.1, 0.15) is 0 Å². The van der Waals surface area contributed by atoms with E-state index in [-0.39, 0.29) is 5.75 Å². The predicted molar refractivity (Wildman–Crippen MR) is 61.5 cm³/mol. The van der Waals surface area contributed by atoms with Crippen LogP contribution in [0.25, 0.3) is 0 Å². The second kappa shape index (κ2) is 4.63. The molecule has 1 aromatic carbocycles. The number of hydrogen-bond donors (Lipinski definition) is 1. The predicted octanol–water partition coefficient (Wildman–Crippen LogP) is 1.37. The Bertz CT molecular complexity index is 427. The molecule has 0 aliphatic carbocycles. The molecule has 15 heavy (non-hydrogen) atoms. The SMILES string of the molecule is CCS(=O)(=O)c1ccccc1NN(C)C. The highest BCUT2D eigenvalue weighted by Crippen LogP contribution is 2.21. The zero-order chi connectivity index (χ0) is 11.5. The minimum absolute atomic E-state index is 0.110. The smallest absolute Gasteiger partial charge is 0.180 e. The maximum Gasteiger partial charge on any atom is 0.180 e. The number of anilines is 1. The molecular formula is C10H16N2O2S. The summed E-state index contributed by atoms with van der Waals surface area (Å²) in [4.78, 5) is 0.348. The molecule has 0 heterocycles. The average Bonchev–Trinajstić information content (AvgIpc) is 2.17. The molecule has 0 saturated heterocycles. The molecule has 0 unspecified atom stereocenters. The van der Waals surface area contributed by atoms with Crippen LogP contribution in [0.4, 0.5) is 5.69 Å². The number of hydrazine groups is 1. The molecular weight excluding hydrogens is 212 g/mol. The number of para-hydroxylation sites is 1. The molecule has 4 nitrogen and oxygen atoms in total. The molecule has 0 amide bonds. The van der Waals surface area contributed by atoms with Crippen molar-refractivity contribution in [2.45, 2.75) is 11.8 Å². The lowest BCUT2D eigenvalue weighted by Gasteiger charge is -2.16. The molecule has 5 heteroatoms. The van der Waals surface area contributed by atoms with Crippen molar-refractivity contribution in [2.75, 3.05) is 25.3 Å². The van der Waals surface area contributed by atoms with Crippen molar-refractivity contribution in [3.05, 3.63) is 24.3 Å². The number of nitrogens with one attached hydrogen (secondary N) is 1. The zero-order valence-electron chi connectivity index (χ0n) is 9.19. The van der Waals surface area contributed by atoms with E-state index in [4.69, 9.17) is 0 Å². The van der Waals surface area contributed by atoms with Crippen LogP contribution in [0.2, 0.25) is 0 Å². The van der Waals surface area contributed by atoms with Crippen molar-refractivity contribution in [1.82, 2.24) is 5.01 Å². The monoisotopic (exact) mass is 228 g/mol. The third kappa shape index (κ3) is 2.94. The van der Waals surface area contributed by atoms with Gasteiger partial charge >= 0.3 is 0 Å². The first-order valence-electron chi connectivity index (χ1n) is 4.73. The molecule has 1 N–H and O–H groups in total. The molecule has 0 bridgehead atoms. The van der Waals surface area contributed by atoms with Gasteiger partial charge in [-0.25, -0.2) is 13.4 Å². The van der Waals surface area contributed by atoms with E-state index >= 15 is 0 Å². The lowest BCUT2D eigenvalue weighted by atomic mass is 10.3. The summed E-state index contributed by atoms with van der Waals surface area (Å²) >= 11 is 0. The Morgan fingerprint density at radius 2 is 1.87 bits per heavy atom. The summed E-state index contributed by atoms with van der Waals surface area (Å²) in [5, 5.41) is 1.71. The van der Waals surface area contributed by atoms with Crippen molar-refractivity contribution < 1.29 is 8.42 Å². The maximum absolute atomic E-state index is 11.7. The topological polar surface area (TPSA) is 49.4 Å². The Morgan fingerprint density at radius 1 is 1.27 bits per heavy atom. The zero-order valence-corrected chi connectivity index (χ0v) is 10.0. The van der Waals surface area contributed by atoms with Crippen LogP contribution >= 0.6 is 0 Å². The van der Waals surface area contributed by atoms with Crippen molar-refractivity contribution in [3.8, 4) is 0 Å². The first-order chi connectivity index (χ1) is 6.97. The van der Waals surface area contributed by atoms with Crippen LogP contribution in [-0.2, 0) is 9.84 Å². The lowest BCUT2D eigenvalue weighted by molar-refractivity contribution is 0.493. The Morgan fingerprint density at radius 3 is 2.40 bits per heavy atom. The molecule has 0 aromatic heterocycles. The highest BCUT2D eigenvalue weighted by Gasteiger charge is 2.15. The Labute approximate surface area is 90.8 Å². The lowest BCUT2D eigenvalue weighted by Crippen LogP contribution is -2.21. The second-order valence-corrected chi connectivity index (χ2v) is 5.65. The van der Waals surface area contributed by atoms with Crippen molar-refractivity contribution in [2.24, 2.45) is 0 Å². The minimum atomic E-state index is -3.16. The van der Waals surface area contributed by atoms with Crippen LogP contribution in [0.15, 0.2) is 29.2 Å². The van der Waals surface area contributed by atoms with E-state index < -0.39 is 9.84 Å². The van der Waals surface area contributed by atoms with Crippen molar-refractivity contribution >= 4 is 15.5 Å². The fourth-order valence-corrected chi connectivity index (χ4v) is 2.27. The fraction of sp³-hybridized carbons (Fsp3) is 0.400. The van der Waals surface area contributed by atoms with E-state index in [0.29, 0.717) is 10.6 Å². The summed E-state index contributed by atoms with van der Waals surface area (Å²) in [6.45, 7) is 1.64. The van der Waals surface area contributed by atoms with Gasteiger partial charge in [-0.15, -0.1) is 0 Å². The van der Waals surface area contributed by atoms with Gasteiger partial charge in [-0.1, -0.05) is 19.1 Å². The molecule has 1 rings (SSSR count). The molecule has 0 fully saturated rings. The third-order valence-electron chi connectivity index (χ3n) is 1.95. The van der Waals surface area contributed by atoms with Gasteiger partial charge in [-0.05, 0) is 12.1 Å². The van der Waals surface area contributed by atoms with E-state index in [0.717, 1.165) is 0 Å². The molecule has 84 valence electrons. The summed E-state index contributed by atoms with van der Waals surface area (Å²) in [5.41, 5.74) is 3.58. The standard InChI is InChI=1S/C10H16N2O2S/c1-4-15(13,14)10-8-6-5-7-9(10)11-12(2)3/h5-8,11H,4H2,1-3H3. The Hall–Kier alpha value is -1.07. The summed E-state index contributed by atoms with van der Waals surface area (Å²) < 4.78 is 23.5. The van der Waals surface area contributed by atoms with Gasteiger partial charge in [0, 0.05) is 14.1 Å². The summed E-state index contributed by atoms with van der Waals surface area (Å²) in [5.74, 6) is 0.110. The third-order valence-corrected chi connectivity index (χ3v) is 3.73. The summed E-state index contributed by atoms with van der Waals surface area (Å²) in [6, 6.07) is 6.90. The number of rotatable bonds is 4. The molecule has 0 aliphatic rings. The van der Waals surface area contributed by atoms with Gasteiger partial charge in [0.05, 0.1) is 16.3 Å². The van der Waals surface area contributed by atoms with Crippen molar-refractivity contribution in [3.63, 3.8) is 0 Å². The van der Waals surface area contributed by atoms with Crippen LogP contribution in [0, 0.1) is 0 Å². The largest absolute Gasteiger partial charge is 0.318 e. The number of nitrogens with zero attached hydrogens (tertiary/aromatic N) is 1. The van der Waals surface area contributed by atoms with Crippen LogP contribution < -0.4 is 5.43 Å². The van der Waals surface area contributed by atoms with Crippen molar-refractivity contribution in [1.29, 1.82) is 0 Å². The molecule has 0 atom stereocenters. The normalized spacial score (nSPS) is 11.7. The highest BCUT2D eigenvalue weighted by atomic mass is 32.2. The van der Waals surface area contributed by atoms with Crippen LogP contribution in [-0.4, -0.2) is 33.3 Å². The number of sulfone groups is 1. The molecule has 0 radical (unpaired) electrons. The van der Waals surface area contributed by atoms with Gasteiger partial charge < -0.3 is 5.43 Å². The average molecular weight is 228 g/mol. The minimum Gasteiger partial charge on any atom is -0.318 e. The van der Waals surface area contributed by atoms with Gasteiger partial charge in [0.25, 0.3) is 0 Å². The first-order valence-corrected chi connectivity index (χ1v) is 6.38. The van der Waals surface area contributed by atoms with Gasteiger partial charge in [0.15, 0.2) is 9.84 Å². The first kappa shape index (κ1) is 12.0.